The van der Waals surface area contributed by atoms with Gasteiger partial charge in [-0.2, -0.15) is 0 Å². The first-order chi connectivity index (χ1) is 6.64. The summed E-state index contributed by atoms with van der Waals surface area (Å²) in [5.41, 5.74) is 0.842. The molecule has 1 saturated carbocycles. The fraction of sp³-hybridized carbons (Fsp3) is 0.455. The van der Waals surface area contributed by atoms with Gasteiger partial charge < -0.3 is 5.11 Å². The molecule has 76 valence electrons. The van der Waals surface area contributed by atoms with Crippen molar-refractivity contribution in [2.24, 2.45) is 0 Å². The van der Waals surface area contributed by atoms with Gasteiger partial charge in [0.15, 0.2) is 0 Å². The molecule has 0 atom stereocenters. The zero-order chi connectivity index (χ0) is 10.2. The summed E-state index contributed by atoms with van der Waals surface area (Å²) in [7, 11) is 0. The van der Waals surface area contributed by atoms with Crippen LogP contribution in [0.2, 0.25) is 0 Å². The van der Waals surface area contributed by atoms with E-state index in [1.807, 2.05) is 12.1 Å². The molecule has 1 aliphatic carbocycles. The third kappa shape index (κ3) is 2.15. The number of aliphatic hydroxyl groups is 1. The Bertz CT molecular complexity index is 347. The second-order valence-electron chi connectivity index (χ2n) is 3.82. The lowest BCUT2D eigenvalue weighted by Crippen LogP contribution is -2.11. The summed E-state index contributed by atoms with van der Waals surface area (Å²) in [4.78, 5) is 1.26. The van der Waals surface area contributed by atoms with Crippen molar-refractivity contribution in [3.63, 3.8) is 0 Å². The number of rotatable bonds is 3. The van der Waals surface area contributed by atoms with Gasteiger partial charge in [-0.3, -0.25) is 0 Å². The lowest BCUT2D eigenvalue weighted by Gasteiger charge is -2.13. The smallest absolute Gasteiger partial charge is 0.0690 e. The highest BCUT2D eigenvalue weighted by Crippen LogP contribution is 2.41. The molecule has 0 heterocycles. The largest absolute Gasteiger partial charge is 0.390 e. The van der Waals surface area contributed by atoms with Crippen LogP contribution in [0.25, 0.3) is 0 Å². The van der Waals surface area contributed by atoms with Crippen LogP contribution in [0.5, 0.6) is 0 Å². The second-order valence-corrected chi connectivity index (χ2v) is 5.52. The molecule has 0 unspecified atom stereocenters. The molecule has 0 saturated heterocycles. The van der Waals surface area contributed by atoms with Gasteiger partial charge in [0.05, 0.1) is 5.60 Å². The van der Waals surface area contributed by atoms with Crippen molar-refractivity contribution >= 4 is 27.7 Å². The standard InChI is InChI=1S/C11H13BrOS/c1-14-10-4-2-3-9(12)8(10)7-11(13)5-6-11/h2-4,13H,5-7H2,1H3. The molecule has 0 radical (unpaired) electrons. The summed E-state index contributed by atoms with van der Waals surface area (Å²) in [6, 6.07) is 6.19. The zero-order valence-corrected chi connectivity index (χ0v) is 10.5. The van der Waals surface area contributed by atoms with Gasteiger partial charge in [0, 0.05) is 15.8 Å². The fourth-order valence-corrected chi connectivity index (χ4v) is 2.83. The Hall–Kier alpha value is 0.01000. The average Bonchev–Trinajstić information content (AvgIpc) is 2.88. The summed E-state index contributed by atoms with van der Waals surface area (Å²) < 4.78 is 1.12. The molecule has 3 heteroatoms. The molecule has 1 nitrogen and oxygen atoms in total. The number of hydrogen-bond acceptors (Lipinski definition) is 2. The van der Waals surface area contributed by atoms with E-state index in [2.05, 4.69) is 28.3 Å². The minimum atomic E-state index is -0.408. The van der Waals surface area contributed by atoms with Crippen LogP contribution < -0.4 is 0 Å². The Balaban J connectivity index is 2.29. The van der Waals surface area contributed by atoms with Gasteiger partial charge in [-0.25, -0.2) is 0 Å². The average molecular weight is 273 g/mol. The SMILES string of the molecule is CSc1cccc(Br)c1CC1(O)CC1. The molecular weight excluding hydrogens is 260 g/mol. The van der Waals surface area contributed by atoms with Crippen molar-refractivity contribution in [2.75, 3.05) is 6.26 Å². The first kappa shape index (κ1) is 10.5. The lowest BCUT2D eigenvalue weighted by atomic mass is 10.1. The molecular formula is C11H13BrOS. The van der Waals surface area contributed by atoms with Gasteiger partial charge >= 0.3 is 0 Å². The van der Waals surface area contributed by atoms with Gasteiger partial charge in [0.2, 0.25) is 0 Å². The molecule has 1 fully saturated rings. The van der Waals surface area contributed by atoms with Crippen LogP contribution in [0.3, 0.4) is 0 Å². The van der Waals surface area contributed by atoms with Crippen molar-refractivity contribution in [1.29, 1.82) is 0 Å². The minimum absolute atomic E-state index is 0.408. The zero-order valence-electron chi connectivity index (χ0n) is 8.09. The van der Waals surface area contributed by atoms with E-state index in [1.165, 1.54) is 10.5 Å². The number of halogens is 1. The van der Waals surface area contributed by atoms with Crippen molar-refractivity contribution in [2.45, 2.75) is 29.8 Å². The molecule has 0 aliphatic heterocycles. The molecule has 0 bridgehead atoms. The van der Waals surface area contributed by atoms with Gasteiger partial charge in [-0.15, -0.1) is 11.8 Å². The first-order valence-electron chi connectivity index (χ1n) is 4.68. The van der Waals surface area contributed by atoms with Gasteiger partial charge in [0.25, 0.3) is 0 Å². The Morgan fingerprint density at radius 1 is 1.50 bits per heavy atom. The summed E-state index contributed by atoms with van der Waals surface area (Å²) >= 11 is 5.28. The van der Waals surface area contributed by atoms with E-state index in [4.69, 9.17) is 0 Å². The van der Waals surface area contributed by atoms with E-state index in [9.17, 15) is 5.11 Å². The number of hydrogen-bond donors (Lipinski definition) is 1. The molecule has 1 aliphatic rings. The predicted molar refractivity (Wildman–Crippen MR) is 63.8 cm³/mol. The molecule has 2 rings (SSSR count). The Morgan fingerprint density at radius 2 is 2.21 bits per heavy atom. The molecule has 1 aromatic rings. The highest BCUT2D eigenvalue weighted by atomic mass is 79.9. The van der Waals surface area contributed by atoms with Crippen LogP contribution >= 0.6 is 27.7 Å². The Kier molecular flexibility index (Phi) is 2.91. The summed E-state index contributed by atoms with van der Waals surface area (Å²) in [6.45, 7) is 0. The van der Waals surface area contributed by atoms with Crippen molar-refractivity contribution in [1.82, 2.24) is 0 Å². The second kappa shape index (κ2) is 3.87. The summed E-state index contributed by atoms with van der Waals surface area (Å²) in [6.07, 6.45) is 4.75. The third-order valence-corrected chi connectivity index (χ3v) is 4.19. The predicted octanol–water partition coefficient (Wildman–Crippen LogP) is 3.24. The van der Waals surface area contributed by atoms with E-state index in [1.54, 1.807) is 11.8 Å². The fourth-order valence-electron chi connectivity index (χ4n) is 1.55. The van der Waals surface area contributed by atoms with Gasteiger partial charge in [-0.1, -0.05) is 22.0 Å². The van der Waals surface area contributed by atoms with Crippen LogP contribution in [0.4, 0.5) is 0 Å². The summed E-state index contributed by atoms with van der Waals surface area (Å²) in [5, 5.41) is 9.90. The van der Waals surface area contributed by atoms with Gasteiger partial charge in [-0.05, 0) is 36.8 Å². The van der Waals surface area contributed by atoms with Crippen molar-refractivity contribution in [3.8, 4) is 0 Å². The molecule has 0 aromatic heterocycles. The molecule has 0 amide bonds. The highest BCUT2D eigenvalue weighted by Gasteiger charge is 2.40. The quantitative estimate of drug-likeness (QED) is 0.853. The topological polar surface area (TPSA) is 20.2 Å². The van der Waals surface area contributed by atoms with Crippen LogP contribution in [-0.2, 0) is 6.42 Å². The van der Waals surface area contributed by atoms with Gasteiger partial charge in [0.1, 0.15) is 0 Å². The maximum absolute atomic E-state index is 9.90. The summed E-state index contributed by atoms with van der Waals surface area (Å²) in [5.74, 6) is 0. The van der Waals surface area contributed by atoms with Crippen LogP contribution in [0.15, 0.2) is 27.6 Å². The van der Waals surface area contributed by atoms with E-state index >= 15 is 0 Å². The maximum atomic E-state index is 9.90. The van der Waals surface area contributed by atoms with Crippen molar-refractivity contribution in [3.05, 3.63) is 28.2 Å². The molecule has 1 N–H and O–H groups in total. The first-order valence-corrected chi connectivity index (χ1v) is 6.70. The molecule has 14 heavy (non-hydrogen) atoms. The Labute approximate surface area is 97.0 Å². The third-order valence-electron chi connectivity index (χ3n) is 2.63. The minimum Gasteiger partial charge on any atom is -0.390 e. The van der Waals surface area contributed by atoms with E-state index < -0.39 is 5.60 Å². The lowest BCUT2D eigenvalue weighted by molar-refractivity contribution is 0.150. The monoisotopic (exact) mass is 272 g/mol. The van der Waals surface area contributed by atoms with Crippen LogP contribution in [0.1, 0.15) is 18.4 Å². The van der Waals surface area contributed by atoms with Crippen molar-refractivity contribution < 1.29 is 5.11 Å². The molecule has 1 aromatic carbocycles. The molecule has 0 spiro atoms. The van der Waals surface area contributed by atoms with E-state index in [-0.39, 0.29) is 0 Å². The Morgan fingerprint density at radius 3 is 2.79 bits per heavy atom. The number of thioether (sulfide) groups is 1. The maximum Gasteiger partial charge on any atom is 0.0690 e. The van der Waals surface area contributed by atoms with E-state index in [0.29, 0.717) is 0 Å². The number of benzene rings is 1. The highest BCUT2D eigenvalue weighted by molar-refractivity contribution is 9.10. The van der Waals surface area contributed by atoms with Crippen LogP contribution in [0, 0.1) is 0 Å². The van der Waals surface area contributed by atoms with Crippen LogP contribution in [-0.4, -0.2) is 17.0 Å². The normalized spacial score (nSPS) is 18.2. The van der Waals surface area contributed by atoms with E-state index in [0.717, 1.165) is 23.7 Å².